The molecule has 26 heavy (non-hydrogen) atoms. The molecule has 2 atom stereocenters. The van der Waals surface area contributed by atoms with Crippen molar-refractivity contribution in [2.24, 2.45) is 0 Å². The molecule has 1 aliphatic rings. The second kappa shape index (κ2) is 6.45. The van der Waals surface area contributed by atoms with Crippen molar-refractivity contribution in [3.05, 3.63) is 48.0 Å². The van der Waals surface area contributed by atoms with Gasteiger partial charge >= 0.3 is 0 Å². The van der Waals surface area contributed by atoms with Crippen molar-refractivity contribution in [3.63, 3.8) is 0 Å². The lowest BCUT2D eigenvalue weighted by atomic mass is 10.2. The molecule has 1 fully saturated rings. The van der Waals surface area contributed by atoms with Crippen molar-refractivity contribution in [2.75, 3.05) is 19.4 Å². The number of nitrogens with two attached hydrogens (primary N) is 1. The quantitative estimate of drug-likeness (QED) is 0.748. The van der Waals surface area contributed by atoms with E-state index in [0.717, 1.165) is 0 Å². The minimum Gasteiger partial charge on any atom is -0.382 e. The number of methoxy groups -OCH3 is 1. The third-order valence-electron chi connectivity index (χ3n) is 4.87. The largest absolute Gasteiger partial charge is 0.382 e. The van der Waals surface area contributed by atoms with Gasteiger partial charge in [-0.15, -0.1) is 0 Å². The molecule has 0 unspecified atom stereocenters. The summed E-state index contributed by atoms with van der Waals surface area (Å²) in [6.07, 6.45) is 2.45. The van der Waals surface area contributed by atoms with Gasteiger partial charge in [0.25, 0.3) is 5.91 Å². The van der Waals surface area contributed by atoms with E-state index in [1.807, 2.05) is 0 Å². The van der Waals surface area contributed by atoms with Crippen LogP contribution in [0.5, 0.6) is 0 Å². The summed E-state index contributed by atoms with van der Waals surface area (Å²) < 4.78 is 21.1. The summed E-state index contributed by atoms with van der Waals surface area (Å²) in [6, 6.07) is 7.95. The van der Waals surface area contributed by atoms with Crippen molar-refractivity contribution in [1.29, 1.82) is 0 Å². The number of benzene rings is 1. The van der Waals surface area contributed by atoms with Gasteiger partial charge in [0.1, 0.15) is 17.3 Å². The molecule has 1 amide bonds. The number of H-pyrrole nitrogens is 1. The van der Waals surface area contributed by atoms with Crippen molar-refractivity contribution >= 4 is 22.6 Å². The van der Waals surface area contributed by atoms with Crippen molar-refractivity contribution in [1.82, 2.24) is 19.7 Å². The SMILES string of the molecule is CO[C@H]1C[C@@H](Cn2ccc(N)n2)N(C(=O)c2cc3c(F)cccc3[nH]2)C1. The second-order valence-electron chi connectivity index (χ2n) is 6.55. The van der Waals surface area contributed by atoms with Gasteiger partial charge in [-0.2, -0.15) is 5.10 Å². The first-order valence-electron chi connectivity index (χ1n) is 8.45. The van der Waals surface area contributed by atoms with Crippen molar-refractivity contribution in [3.8, 4) is 0 Å². The van der Waals surface area contributed by atoms with Crippen LogP contribution in [0.25, 0.3) is 10.9 Å². The molecule has 8 heteroatoms. The minimum absolute atomic E-state index is 0.0435. The lowest BCUT2D eigenvalue weighted by molar-refractivity contribution is 0.0674. The van der Waals surface area contributed by atoms with E-state index < -0.39 is 0 Å². The predicted octanol–water partition coefficient (Wildman–Crippen LogP) is 2.02. The number of nitrogen functional groups attached to an aromatic ring is 1. The molecule has 3 aromatic rings. The Morgan fingerprint density at radius 1 is 1.46 bits per heavy atom. The zero-order valence-corrected chi connectivity index (χ0v) is 14.4. The monoisotopic (exact) mass is 357 g/mol. The fourth-order valence-electron chi connectivity index (χ4n) is 3.55. The number of halogens is 1. The van der Waals surface area contributed by atoms with Crippen molar-refractivity contribution in [2.45, 2.75) is 25.1 Å². The van der Waals surface area contributed by atoms with Gasteiger partial charge < -0.3 is 20.4 Å². The maximum absolute atomic E-state index is 13.9. The summed E-state index contributed by atoms with van der Waals surface area (Å²) in [4.78, 5) is 17.8. The third kappa shape index (κ3) is 2.92. The second-order valence-corrected chi connectivity index (χ2v) is 6.55. The summed E-state index contributed by atoms with van der Waals surface area (Å²) in [7, 11) is 1.64. The zero-order valence-electron chi connectivity index (χ0n) is 14.4. The molecule has 0 bridgehead atoms. The van der Waals surface area contributed by atoms with E-state index >= 15 is 0 Å². The fourth-order valence-corrected chi connectivity index (χ4v) is 3.55. The van der Waals surface area contributed by atoms with E-state index in [1.54, 1.807) is 47.2 Å². The van der Waals surface area contributed by atoms with E-state index in [-0.39, 0.29) is 23.9 Å². The molecule has 0 saturated carbocycles. The number of aromatic amines is 1. The highest BCUT2D eigenvalue weighted by Crippen LogP contribution is 2.26. The van der Waals surface area contributed by atoms with E-state index in [0.29, 0.717) is 41.9 Å². The zero-order chi connectivity index (χ0) is 18.3. The van der Waals surface area contributed by atoms with E-state index in [1.165, 1.54) is 6.07 Å². The van der Waals surface area contributed by atoms with Gasteiger partial charge in [0, 0.05) is 30.8 Å². The first kappa shape index (κ1) is 16.6. The minimum atomic E-state index is -0.349. The van der Waals surface area contributed by atoms with Gasteiger partial charge in [-0.3, -0.25) is 9.48 Å². The lowest BCUT2D eigenvalue weighted by Gasteiger charge is -2.23. The summed E-state index contributed by atoms with van der Waals surface area (Å²) in [5, 5.41) is 4.61. The number of ether oxygens (including phenoxy) is 1. The molecule has 0 aliphatic carbocycles. The normalized spacial score (nSPS) is 20.2. The molecule has 3 heterocycles. The number of hydrogen-bond acceptors (Lipinski definition) is 4. The Hall–Kier alpha value is -2.87. The number of fused-ring (bicyclic) bond motifs is 1. The van der Waals surface area contributed by atoms with Crippen LogP contribution in [0.15, 0.2) is 36.5 Å². The van der Waals surface area contributed by atoms with Crippen LogP contribution >= 0.6 is 0 Å². The summed E-state index contributed by atoms with van der Waals surface area (Å²) in [5.74, 6) is -0.0851. The molecule has 1 aliphatic heterocycles. The Morgan fingerprint density at radius 2 is 2.31 bits per heavy atom. The molecule has 0 radical (unpaired) electrons. The third-order valence-corrected chi connectivity index (χ3v) is 4.87. The number of carbonyl (C=O) groups excluding carboxylic acids is 1. The van der Waals surface area contributed by atoms with Crippen molar-refractivity contribution < 1.29 is 13.9 Å². The first-order chi connectivity index (χ1) is 12.5. The first-order valence-corrected chi connectivity index (χ1v) is 8.45. The number of hydrogen-bond donors (Lipinski definition) is 2. The lowest BCUT2D eigenvalue weighted by Crippen LogP contribution is -2.38. The van der Waals surface area contributed by atoms with Gasteiger partial charge in [0.2, 0.25) is 0 Å². The number of carbonyl (C=O) groups is 1. The van der Waals surface area contributed by atoms with E-state index in [2.05, 4.69) is 10.1 Å². The average Bonchev–Trinajstić information content (AvgIpc) is 3.33. The smallest absolute Gasteiger partial charge is 0.270 e. The number of likely N-dealkylation sites (tertiary alicyclic amines) is 1. The van der Waals surface area contributed by atoms with E-state index in [9.17, 15) is 9.18 Å². The topological polar surface area (TPSA) is 89.2 Å². The summed E-state index contributed by atoms with van der Waals surface area (Å²) >= 11 is 0. The van der Waals surface area contributed by atoms with Crippen LogP contribution < -0.4 is 5.73 Å². The van der Waals surface area contributed by atoms with Gasteiger partial charge in [0.15, 0.2) is 0 Å². The molecule has 2 aromatic heterocycles. The fraction of sp³-hybridized carbons (Fsp3) is 0.333. The number of amides is 1. The van der Waals surface area contributed by atoms with Crippen LogP contribution in [-0.4, -0.2) is 51.4 Å². The molecule has 1 saturated heterocycles. The Kier molecular flexibility index (Phi) is 4.12. The standard InChI is InChI=1S/C18H20FN5O2/c1-26-12-7-11(9-23-6-5-17(20)22-23)24(10-12)18(25)16-8-13-14(19)3-2-4-15(13)21-16/h2-6,8,11-12,21H,7,9-10H2,1H3,(H2,20,22)/t11-,12-/m0/s1. The highest BCUT2D eigenvalue weighted by atomic mass is 19.1. The van der Waals surface area contributed by atoms with Crippen LogP contribution in [0.1, 0.15) is 16.9 Å². The predicted molar refractivity (Wildman–Crippen MR) is 95.1 cm³/mol. The van der Waals surface area contributed by atoms with Gasteiger partial charge in [-0.25, -0.2) is 4.39 Å². The molecule has 0 spiro atoms. The molecule has 136 valence electrons. The molecule has 1 aromatic carbocycles. The van der Waals surface area contributed by atoms with Gasteiger partial charge in [0.05, 0.1) is 18.7 Å². The molecular formula is C18H20FN5O2. The van der Waals surface area contributed by atoms with Gasteiger partial charge in [-0.1, -0.05) is 6.07 Å². The maximum atomic E-state index is 13.9. The molecule has 7 nitrogen and oxygen atoms in total. The maximum Gasteiger partial charge on any atom is 0.270 e. The highest BCUT2D eigenvalue weighted by molar-refractivity contribution is 5.98. The average molecular weight is 357 g/mol. The number of nitrogens with one attached hydrogen (secondary N) is 1. The number of rotatable bonds is 4. The summed E-state index contributed by atoms with van der Waals surface area (Å²) in [6.45, 7) is 1.01. The Balaban J connectivity index is 1.61. The number of anilines is 1. The Morgan fingerprint density at radius 3 is 3.00 bits per heavy atom. The number of aromatic nitrogens is 3. The number of nitrogens with zero attached hydrogens (tertiary/aromatic N) is 3. The molecule has 4 rings (SSSR count). The van der Waals surface area contributed by atoms with Gasteiger partial charge in [-0.05, 0) is 30.7 Å². The molecule has 3 N–H and O–H groups in total. The van der Waals surface area contributed by atoms with Crippen LogP contribution in [0.2, 0.25) is 0 Å². The van der Waals surface area contributed by atoms with Crippen LogP contribution in [0, 0.1) is 5.82 Å². The highest BCUT2D eigenvalue weighted by Gasteiger charge is 2.36. The molecular weight excluding hydrogens is 337 g/mol. The van der Waals surface area contributed by atoms with Crippen LogP contribution in [-0.2, 0) is 11.3 Å². The van der Waals surface area contributed by atoms with Crippen LogP contribution in [0.4, 0.5) is 10.2 Å². The Labute approximate surface area is 149 Å². The van der Waals surface area contributed by atoms with Crippen LogP contribution in [0.3, 0.4) is 0 Å². The Bertz CT molecular complexity index is 950. The summed E-state index contributed by atoms with van der Waals surface area (Å²) in [5.41, 5.74) is 6.64. The van der Waals surface area contributed by atoms with E-state index in [4.69, 9.17) is 10.5 Å².